The number of methoxy groups -OCH3 is 2. The van der Waals surface area contributed by atoms with Gasteiger partial charge in [0, 0.05) is 30.3 Å². The lowest BCUT2D eigenvalue weighted by atomic mass is 10.2. The van der Waals surface area contributed by atoms with Crippen molar-refractivity contribution in [3.63, 3.8) is 0 Å². The normalized spacial score (nSPS) is 10.5. The maximum atomic E-state index is 14.5. The molecule has 0 radical (unpaired) electrons. The van der Waals surface area contributed by atoms with Crippen LogP contribution in [0.2, 0.25) is 0 Å². The number of nitrogens with one attached hydrogen (secondary N) is 2. The summed E-state index contributed by atoms with van der Waals surface area (Å²) < 4.78 is 31.0. The Balaban J connectivity index is 1.80. The highest BCUT2D eigenvalue weighted by atomic mass is 19.1. The third-order valence-corrected chi connectivity index (χ3v) is 4.44. The highest BCUT2D eigenvalue weighted by Crippen LogP contribution is 2.37. The number of nitrogens with zero attached hydrogens (tertiary/aromatic N) is 1. The number of urea groups is 1. The predicted molar refractivity (Wildman–Crippen MR) is 113 cm³/mol. The number of carbonyl (C=O) groups excluding carboxylic acids is 1. The van der Waals surface area contributed by atoms with E-state index in [-0.39, 0.29) is 11.4 Å². The smallest absolute Gasteiger partial charge is 0.319 e. The monoisotopic (exact) mass is 413 g/mol. The maximum Gasteiger partial charge on any atom is 0.319 e. The molecule has 1 heterocycles. The number of rotatable bonds is 8. The largest absolute Gasteiger partial charge is 0.493 e. The molecule has 0 aliphatic heterocycles. The van der Waals surface area contributed by atoms with Crippen molar-refractivity contribution >= 4 is 22.6 Å². The molecule has 0 bridgehead atoms. The summed E-state index contributed by atoms with van der Waals surface area (Å²) in [4.78, 5) is 16.1. The van der Waals surface area contributed by atoms with Crippen LogP contribution in [-0.4, -0.2) is 31.8 Å². The number of halogens is 1. The second-order valence-corrected chi connectivity index (χ2v) is 6.51. The van der Waals surface area contributed by atoms with Crippen molar-refractivity contribution in [2.45, 2.75) is 19.8 Å². The van der Waals surface area contributed by atoms with Crippen LogP contribution in [0.15, 0.2) is 42.6 Å². The van der Waals surface area contributed by atoms with Crippen LogP contribution >= 0.6 is 0 Å². The van der Waals surface area contributed by atoms with Crippen LogP contribution in [0.4, 0.5) is 14.9 Å². The van der Waals surface area contributed by atoms with Crippen molar-refractivity contribution in [2.24, 2.45) is 0 Å². The minimum Gasteiger partial charge on any atom is -0.493 e. The molecule has 2 aromatic carbocycles. The van der Waals surface area contributed by atoms with E-state index < -0.39 is 11.8 Å². The van der Waals surface area contributed by atoms with Crippen LogP contribution < -0.4 is 24.8 Å². The van der Waals surface area contributed by atoms with Gasteiger partial charge >= 0.3 is 6.03 Å². The third kappa shape index (κ3) is 4.89. The second kappa shape index (κ2) is 9.78. The summed E-state index contributed by atoms with van der Waals surface area (Å²) in [6.07, 6.45) is 3.42. The number of aromatic nitrogens is 1. The Bertz CT molecular complexity index is 1040. The van der Waals surface area contributed by atoms with E-state index in [4.69, 9.17) is 14.2 Å². The fraction of sp³-hybridized carbons (Fsp3) is 0.273. The molecule has 158 valence electrons. The maximum absolute atomic E-state index is 14.5. The minimum absolute atomic E-state index is 0.0716. The summed E-state index contributed by atoms with van der Waals surface area (Å²) in [6, 6.07) is 8.98. The van der Waals surface area contributed by atoms with Gasteiger partial charge in [-0.25, -0.2) is 9.18 Å². The zero-order valence-electron chi connectivity index (χ0n) is 17.1. The number of fused-ring (bicyclic) bond motifs is 1. The molecular weight excluding hydrogens is 389 g/mol. The summed E-state index contributed by atoms with van der Waals surface area (Å²) >= 11 is 0. The van der Waals surface area contributed by atoms with Crippen molar-refractivity contribution in [3.05, 3.63) is 48.4 Å². The van der Waals surface area contributed by atoms with Crippen molar-refractivity contribution in [3.8, 4) is 23.0 Å². The zero-order chi connectivity index (χ0) is 21.5. The highest BCUT2D eigenvalue weighted by Gasteiger charge is 2.13. The van der Waals surface area contributed by atoms with E-state index in [0.29, 0.717) is 34.7 Å². The van der Waals surface area contributed by atoms with Gasteiger partial charge in [-0.15, -0.1) is 0 Å². The molecule has 7 nitrogen and oxygen atoms in total. The number of pyridine rings is 1. The van der Waals surface area contributed by atoms with E-state index >= 15 is 0 Å². The summed E-state index contributed by atoms with van der Waals surface area (Å²) in [5.74, 6) is 1.25. The van der Waals surface area contributed by atoms with E-state index in [0.717, 1.165) is 12.8 Å². The lowest BCUT2D eigenvalue weighted by Gasteiger charge is -2.13. The topological polar surface area (TPSA) is 81.7 Å². The summed E-state index contributed by atoms with van der Waals surface area (Å²) in [5.41, 5.74) is 0.718. The molecule has 0 fully saturated rings. The van der Waals surface area contributed by atoms with Gasteiger partial charge < -0.3 is 24.8 Å². The molecule has 2 amide bonds. The first-order valence-electron chi connectivity index (χ1n) is 9.58. The number of hydrogen-bond acceptors (Lipinski definition) is 5. The van der Waals surface area contributed by atoms with Gasteiger partial charge in [0.1, 0.15) is 17.3 Å². The molecule has 0 aliphatic rings. The van der Waals surface area contributed by atoms with Crippen molar-refractivity contribution in [1.82, 2.24) is 10.3 Å². The molecule has 0 unspecified atom stereocenters. The minimum atomic E-state index is -0.601. The van der Waals surface area contributed by atoms with E-state index in [1.165, 1.54) is 12.1 Å². The van der Waals surface area contributed by atoms with Gasteiger partial charge in [-0.1, -0.05) is 13.3 Å². The molecule has 0 saturated carbocycles. The Morgan fingerprint density at radius 1 is 1.07 bits per heavy atom. The summed E-state index contributed by atoms with van der Waals surface area (Å²) in [7, 11) is 3.09. The number of ether oxygens (including phenoxy) is 3. The first-order chi connectivity index (χ1) is 14.5. The standard InChI is InChI=1S/C22H24FN3O4/c1-4-5-9-25-22(27)26-17-7-6-14(11-16(17)23)30-19-8-10-24-18-13-21(29-3)20(28-2)12-15(18)19/h6-8,10-13H,4-5,9H2,1-3H3,(H2,25,26,27). The highest BCUT2D eigenvalue weighted by molar-refractivity contribution is 5.90. The molecule has 3 rings (SSSR count). The van der Waals surface area contributed by atoms with Crippen LogP contribution in [0.5, 0.6) is 23.0 Å². The van der Waals surface area contributed by atoms with Crippen LogP contribution in [0.1, 0.15) is 19.8 Å². The third-order valence-electron chi connectivity index (χ3n) is 4.44. The molecule has 0 atom stereocenters. The lowest BCUT2D eigenvalue weighted by Crippen LogP contribution is -2.29. The van der Waals surface area contributed by atoms with Gasteiger partial charge in [-0.2, -0.15) is 0 Å². The van der Waals surface area contributed by atoms with Gasteiger partial charge in [-0.3, -0.25) is 4.98 Å². The van der Waals surface area contributed by atoms with Crippen LogP contribution in [0, 0.1) is 5.82 Å². The van der Waals surface area contributed by atoms with E-state index in [1.54, 1.807) is 44.7 Å². The Labute approximate surface area is 174 Å². The molecule has 2 N–H and O–H groups in total. The van der Waals surface area contributed by atoms with Gasteiger partial charge in [0.15, 0.2) is 11.5 Å². The molecule has 0 aliphatic carbocycles. The Morgan fingerprint density at radius 3 is 2.53 bits per heavy atom. The zero-order valence-corrected chi connectivity index (χ0v) is 17.1. The summed E-state index contributed by atoms with van der Waals surface area (Å²) in [5, 5.41) is 5.86. The van der Waals surface area contributed by atoms with E-state index in [2.05, 4.69) is 15.6 Å². The lowest BCUT2D eigenvalue weighted by molar-refractivity contribution is 0.252. The fourth-order valence-electron chi connectivity index (χ4n) is 2.87. The predicted octanol–water partition coefficient (Wildman–Crippen LogP) is 5.11. The molecule has 0 spiro atoms. The van der Waals surface area contributed by atoms with Crippen molar-refractivity contribution in [2.75, 3.05) is 26.1 Å². The number of benzene rings is 2. The number of amides is 2. The average Bonchev–Trinajstić information content (AvgIpc) is 2.75. The molecule has 1 aromatic heterocycles. The number of hydrogen-bond donors (Lipinski definition) is 2. The quantitative estimate of drug-likeness (QED) is 0.502. The Kier molecular flexibility index (Phi) is 6.90. The SMILES string of the molecule is CCCCNC(=O)Nc1ccc(Oc2ccnc3cc(OC)c(OC)cc23)cc1F. The number of unbranched alkanes of at least 4 members (excludes halogenated alkanes) is 1. The van der Waals surface area contributed by atoms with Crippen LogP contribution in [-0.2, 0) is 0 Å². The fourth-order valence-corrected chi connectivity index (χ4v) is 2.87. The van der Waals surface area contributed by atoms with Gasteiger partial charge in [0.05, 0.1) is 25.4 Å². The van der Waals surface area contributed by atoms with Crippen molar-refractivity contribution in [1.29, 1.82) is 0 Å². The average molecular weight is 413 g/mol. The van der Waals surface area contributed by atoms with E-state index in [1.807, 2.05) is 6.92 Å². The second-order valence-electron chi connectivity index (χ2n) is 6.51. The Hall–Kier alpha value is -3.55. The van der Waals surface area contributed by atoms with Crippen LogP contribution in [0.3, 0.4) is 0 Å². The molecular formula is C22H24FN3O4. The van der Waals surface area contributed by atoms with Gasteiger partial charge in [0.2, 0.25) is 0 Å². The van der Waals surface area contributed by atoms with Crippen molar-refractivity contribution < 1.29 is 23.4 Å². The molecule has 8 heteroatoms. The molecule has 3 aromatic rings. The number of carbonyl (C=O) groups is 1. The summed E-state index contributed by atoms with van der Waals surface area (Å²) in [6.45, 7) is 2.56. The number of anilines is 1. The van der Waals surface area contributed by atoms with Crippen LogP contribution in [0.25, 0.3) is 10.9 Å². The van der Waals surface area contributed by atoms with E-state index in [9.17, 15) is 9.18 Å². The first kappa shape index (κ1) is 21.2. The van der Waals surface area contributed by atoms with Gasteiger partial charge in [-0.05, 0) is 30.7 Å². The first-order valence-corrected chi connectivity index (χ1v) is 9.58. The Morgan fingerprint density at radius 2 is 1.83 bits per heavy atom. The molecule has 0 saturated heterocycles. The molecule has 30 heavy (non-hydrogen) atoms. The van der Waals surface area contributed by atoms with Gasteiger partial charge in [0.25, 0.3) is 0 Å².